The molecule has 1 aromatic heterocycles. The van der Waals surface area contributed by atoms with E-state index in [1.165, 1.54) is 11.0 Å². The molecule has 2 aromatic rings. The van der Waals surface area contributed by atoms with Crippen molar-refractivity contribution in [1.82, 2.24) is 30.2 Å². The van der Waals surface area contributed by atoms with Gasteiger partial charge in [-0.3, -0.25) is 19.1 Å². The molecule has 3 aliphatic carbocycles. The average molecular weight is 825 g/mol. The van der Waals surface area contributed by atoms with Crippen LogP contribution in [0.25, 0.3) is 11.0 Å². The normalized spacial score (nSPS) is 31.5. The van der Waals surface area contributed by atoms with Gasteiger partial charge in [-0.05, 0) is 82.4 Å². The van der Waals surface area contributed by atoms with Crippen molar-refractivity contribution in [1.29, 1.82) is 0 Å². The number of halogens is 2. The fourth-order valence-corrected chi connectivity index (χ4v) is 10.3. The lowest BCUT2D eigenvalue weighted by Gasteiger charge is -2.29. The van der Waals surface area contributed by atoms with E-state index >= 15 is 8.78 Å². The van der Waals surface area contributed by atoms with Gasteiger partial charge < -0.3 is 25.0 Å². The summed E-state index contributed by atoms with van der Waals surface area (Å²) < 4.78 is 72.7. The number of hydrogen-bond donors (Lipinski definition) is 3. The van der Waals surface area contributed by atoms with Crippen molar-refractivity contribution in [2.75, 3.05) is 19.7 Å². The van der Waals surface area contributed by atoms with Gasteiger partial charge in [-0.15, -0.1) is 0 Å². The summed E-state index contributed by atoms with van der Waals surface area (Å²) in [5, 5.41) is 4.93. The molecule has 4 bridgehead atoms. The lowest BCUT2D eigenvalue weighted by molar-refractivity contribution is -0.134. The van der Waals surface area contributed by atoms with Crippen molar-refractivity contribution in [3.05, 3.63) is 54.3 Å². The van der Waals surface area contributed by atoms with E-state index < -0.39 is 91.5 Å². The van der Waals surface area contributed by atoms with Gasteiger partial charge in [0, 0.05) is 17.9 Å². The van der Waals surface area contributed by atoms with Crippen molar-refractivity contribution in [3.63, 3.8) is 0 Å². The van der Waals surface area contributed by atoms with Gasteiger partial charge in [0.15, 0.2) is 5.69 Å². The summed E-state index contributed by atoms with van der Waals surface area (Å²) in [5.41, 5.74) is -2.28. The monoisotopic (exact) mass is 824 g/mol. The zero-order chi connectivity index (χ0) is 40.7. The van der Waals surface area contributed by atoms with Crippen molar-refractivity contribution in [3.8, 4) is 5.88 Å². The molecule has 14 nitrogen and oxygen atoms in total. The van der Waals surface area contributed by atoms with Crippen LogP contribution in [0.15, 0.2) is 48.6 Å². The molecule has 1 aromatic carbocycles. The Labute approximate surface area is 336 Å². The summed E-state index contributed by atoms with van der Waals surface area (Å²) in [7, 11) is -3.96. The molecule has 0 radical (unpaired) electrons. The highest BCUT2D eigenvalue weighted by Gasteiger charge is 2.62. The van der Waals surface area contributed by atoms with Gasteiger partial charge in [-0.2, -0.15) is 8.78 Å². The van der Waals surface area contributed by atoms with Crippen LogP contribution >= 0.6 is 0 Å². The standard InChI is InChI=1S/C41H50F2N6O8S/c42-41(43)21-11-10-20-39(18-8-9-19-39)25-56-38(53)46-31-15-5-3-1-2-4-12-26-22-40(26,37(52)48-58(54,55)27-16-17-27)47-34(50)28-23-49(36(31)51)24-32(28)57-35-33(41)44-29-13-6-7-14-30(29)45-35/h4,6-7,11-14,21,26-28,31-32H,1-3,5,8-10,15-20,22-25H2,(H,46,53)(H,47,50)(H,48,52)/b12-4+,21-11+/t26-,28?,31+,32+,40+/m1/s1. The molecule has 312 valence electrons. The summed E-state index contributed by atoms with van der Waals surface area (Å²) in [5.74, 6) is -8.02. The number of benzene rings is 1. The number of carbonyl (C=O) groups excluding carboxylic acids is 4. The lowest BCUT2D eigenvalue weighted by Crippen LogP contribution is -2.55. The first-order valence-electron chi connectivity index (χ1n) is 20.5. The summed E-state index contributed by atoms with van der Waals surface area (Å²) >= 11 is 0. The van der Waals surface area contributed by atoms with E-state index in [1.807, 2.05) is 12.2 Å². The Hall–Kier alpha value is -4.67. The minimum absolute atomic E-state index is 0.0801. The van der Waals surface area contributed by atoms with Gasteiger partial charge >= 0.3 is 12.0 Å². The summed E-state index contributed by atoms with van der Waals surface area (Å²) in [4.78, 5) is 66.2. The average Bonchev–Trinajstić information content (AvgIpc) is 4.08. The molecule has 3 saturated carbocycles. The van der Waals surface area contributed by atoms with Crippen LogP contribution in [0.3, 0.4) is 0 Å². The van der Waals surface area contributed by atoms with E-state index in [2.05, 4.69) is 25.3 Å². The number of fused-ring (bicyclic) bond motifs is 7. The molecule has 1 spiro atoms. The van der Waals surface area contributed by atoms with E-state index in [1.54, 1.807) is 24.3 Å². The largest absolute Gasteiger partial charge is 0.470 e. The maximum absolute atomic E-state index is 16.4. The van der Waals surface area contributed by atoms with Crippen molar-refractivity contribution in [2.24, 2.45) is 17.3 Å². The van der Waals surface area contributed by atoms with E-state index in [9.17, 15) is 27.6 Å². The number of nitrogens with one attached hydrogen (secondary N) is 3. The fourth-order valence-electron chi connectivity index (χ4n) is 8.95. The van der Waals surface area contributed by atoms with Crippen LogP contribution < -0.4 is 20.1 Å². The molecular weight excluding hydrogens is 775 g/mol. The number of hydrogen-bond acceptors (Lipinski definition) is 10. The third-order valence-corrected chi connectivity index (χ3v) is 14.5. The van der Waals surface area contributed by atoms with E-state index in [0.29, 0.717) is 38.5 Å². The number of carbonyl (C=O) groups is 4. The number of sulfonamides is 1. The first-order chi connectivity index (χ1) is 27.8. The van der Waals surface area contributed by atoms with Crippen LogP contribution in [0.4, 0.5) is 13.6 Å². The maximum atomic E-state index is 16.4. The second-order valence-electron chi connectivity index (χ2n) is 16.9. The fraction of sp³-hybridized carbons (Fsp3) is 0.610. The highest BCUT2D eigenvalue weighted by molar-refractivity contribution is 7.91. The molecule has 5 atom stereocenters. The first kappa shape index (κ1) is 40.1. The van der Waals surface area contributed by atoms with E-state index in [4.69, 9.17) is 9.47 Å². The molecule has 17 heteroatoms. The molecule has 8 rings (SSSR count). The Kier molecular flexibility index (Phi) is 11.0. The number of allylic oxidation sites excluding steroid dienone is 3. The highest BCUT2D eigenvalue weighted by Crippen LogP contribution is 2.47. The van der Waals surface area contributed by atoms with E-state index in [0.717, 1.165) is 44.6 Å². The number of alkyl halides is 2. The molecule has 3 aliphatic heterocycles. The number of rotatable bonds is 3. The van der Waals surface area contributed by atoms with Gasteiger partial charge in [0.25, 0.3) is 5.91 Å². The zero-order valence-electron chi connectivity index (χ0n) is 32.3. The Morgan fingerprint density at radius 1 is 0.914 bits per heavy atom. The van der Waals surface area contributed by atoms with Crippen LogP contribution in [-0.2, 0) is 35.1 Å². The summed E-state index contributed by atoms with van der Waals surface area (Å²) in [6.45, 7) is -0.422. The highest BCUT2D eigenvalue weighted by atomic mass is 32.2. The zero-order valence-corrected chi connectivity index (χ0v) is 33.1. The van der Waals surface area contributed by atoms with Crippen molar-refractivity contribution in [2.45, 2.75) is 119 Å². The second-order valence-corrected chi connectivity index (χ2v) is 18.9. The van der Waals surface area contributed by atoms with Crippen LogP contribution in [0.2, 0.25) is 0 Å². The van der Waals surface area contributed by atoms with Gasteiger partial charge in [0.1, 0.15) is 17.7 Å². The predicted octanol–water partition coefficient (Wildman–Crippen LogP) is 4.94. The first-order valence-corrected chi connectivity index (χ1v) is 22.1. The minimum atomic E-state index is -3.96. The quantitative estimate of drug-likeness (QED) is 0.359. The topological polar surface area (TPSA) is 186 Å². The van der Waals surface area contributed by atoms with Crippen LogP contribution in [0, 0.1) is 17.3 Å². The third-order valence-electron chi connectivity index (χ3n) is 12.7. The number of aromatic nitrogens is 2. The molecule has 4 fully saturated rings. The summed E-state index contributed by atoms with van der Waals surface area (Å²) in [6, 6.07) is 5.47. The predicted molar refractivity (Wildman–Crippen MR) is 207 cm³/mol. The SMILES string of the molecule is O=C1N[C@H]2CCCCC/C=C/[C@@H]3C[C@]3(C(=O)NS(=O)(=O)C3CC3)NC(=O)C3CN(C[C@@H]3Oc3nc4ccccc4nc3C(F)(F)/C=C/CCC3(CCCC3)CO1)C2=O. The number of cyclic esters (lactones) is 1. The smallest absolute Gasteiger partial charge is 0.407 e. The second kappa shape index (κ2) is 15.8. The number of alkyl carbamates (subject to hydrolysis) is 1. The van der Waals surface area contributed by atoms with Crippen molar-refractivity contribution >= 4 is 44.9 Å². The van der Waals surface area contributed by atoms with Gasteiger partial charge in [-0.25, -0.2) is 23.2 Å². The Morgan fingerprint density at radius 2 is 1.67 bits per heavy atom. The van der Waals surface area contributed by atoms with Gasteiger partial charge in [-0.1, -0.05) is 56.0 Å². The van der Waals surface area contributed by atoms with Crippen LogP contribution in [0.5, 0.6) is 5.88 Å². The Bertz CT molecular complexity index is 2120. The number of ether oxygens (including phenoxy) is 2. The molecule has 1 saturated heterocycles. The van der Waals surface area contributed by atoms with Crippen LogP contribution in [-0.4, -0.2) is 89.7 Å². The number of amides is 4. The summed E-state index contributed by atoms with van der Waals surface area (Å²) in [6.07, 6.45) is 12.0. The maximum Gasteiger partial charge on any atom is 0.407 e. The number of nitrogens with zero attached hydrogens (tertiary/aromatic N) is 3. The van der Waals surface area contributed by atoms with Crippen LogP contribution in [0.1, 0.15) is 95.6 Å². The van der Waals surface area contributed by atoms with Crippen molar-refractivity contribution < 1.29 is 45.9 Å². The Morgan fingerprint density at radius 3 is 2.43 bits per heavy atom. The molecule has 1 unspecified atom stereocenters. The molecule has 4 amide bonds. The van der Waals surface area contributed by atoms with Gasteiger partial charge in [0.2, 0.25) is 27.7 Å². The Balaban J connectivity index is 1.17. The third kappa shape index (κ3) is 8.41. The van der Waals surface area contributed by atoms with E-state index in [-0.39, 0.29) is 43.6 Å². The lowest BCUT2D eigenvalue weighted by atomic mass is 9.82. The molecule has 6 aliphatic rings. The minimum Gasteiger partial charge on any atom is -0.470 e. The molecular formula is C41H50F2N6O8S. The van der Waals surface area contributed by atoms with Gasteiger partial charge in [0.05, 0.1) is 35.4 Å². The molecule has 58 heavy (non-hydrogen) atoms. The molecule has 3 N–H and O–H groups in total. The molecule has 4 heterocycles. The number of para-hydroxylation sites is 2.